The minimum absolute atomic E-state index is 0.122. The lowest BCUT2D eigenvalue weighted by molar-refractivity contribution is -0.144. The highest BCUT2D eigenvalue weighted by Gasteiger charge is 2.25. The van der Waals surface area contributed by atoms with Gasteiger partial charge in [0, 0.05) is 25.1 Å². The molecule has 0 aliphatic carbocycles. The Morgan fingerprint density at radius 2 is 1.77 bits per heavy atom. The quantitative estimate of drug-likeness (QED) is 0.386. The highest BCUT2D eigenvalue weighted by molar-refractivity contribution is 6.12. The number of rotatable bonds is 9. The molecule has 8 heteroatoms. The van der Waals surface area contributed by atoms with Crippen molar-refractivity contribution in [1.29, 1.82) is 0 Å². The largest absolute Gasteiger partial charge is 0.480 e. The molecule has 1 aliphatic rings. The lowest BCUT2D eigenvalue weighted by atomic mass is 10.1. The second kappa shape index (κ2) is 8.28. The minimum Gasteiger partial charge on any atom is -0.480 e. The highest BCUT2D eigenvalue weighted by atomic mass is 16.4. The number of carboxylic acid groups (broad SMARTS) is 1. The molecule has 22 heavy (non-hydrogen) atoms. The fourth-order valence-electron chi connectivity index (χ4n) is 2.02. The molecule has 0 bridgehead atoms. The number of aliphatic carboxylic acids is 1. The van der Waals surface area contributed by atoms with Crippen LogP contribution in [0.15, 0.2) is 12.2 Å². The normalized spacial score (nSPS) is 16.7. The average Bonchev–Trinajstić information content (AvgIpc) is 2.75. The van der Waals surface area contributed by atoms with Crippen LogP contribution in [0.4, 0.5) is 0 Å². The molecular formula is C14H20N2O6. The van der Waals surface area contributed by atoms with E-state index >= 15 is 0 Å². The summed E-state index contributed by atoms with van der Waals surface area (Å²) in [6.07, 6.45) is 3.08. The number of unbranched alkanes of at least 4 members (excludes halogenated alkanes) is 2. The molecule has 0 saturated heterocycles. The molecule has 0 fully saturated rings. The molecule has 0 spiro atoms. The summed E-state index contributed by atoms with van der Waals surface area (Å²) in [7, 11) is 0. The third kappa shape index (κ3) is 5.28. The van der Waals surface area contributed by atoms with Crippen LogP contribution in [-0.2, 0) is 19.2 Å². The molecule has 2 atom stereocenters. The zero-order chi connectivity index (χ0) is 16.7. The van der Waals surface area contributed by atoms with Gasteiger partial charge in [0.2, 0.25) is 5.91 Å². The molecule has 3 amide bonds. The Labute approximate surface area is 127 Å². The van der Waals surface area contributed by atoms with E-state index in [4.69, 9.17) is 5.11 Å². The van der Waals surface area contributed by atoms with Gasteiger partial charge in [-0.1, -0.05) is 6.42 Å². The number of hydrogen-bond acceptors (Lipinski definition) is 5. The van der Waals surface area contributed by atoms with E-state index in [0.29, 0.717) is 25.8 Å². The van der Waals surface area contributed by atoms with Gasteiger partial charge >= 0.3 is 5.97 Å². The van der Waals surface area contributed by atoms with Crippen molar-refractivity contribution in [3.05, 3.63) is 12.2 Å². The monoisotopic (exact) mass is 312 g/mol. The molecule has 0 radical (unpaired) electrons. The van der Waals surface area contributed by atoms with Gasteiger partial charge in [-0.15, -0.1) is 0 Å². The van der Waals surface area contributed by atoms with Crippen LogP contribution in [-0.4, -0.2) is 57.5 Å². The predicted octanol–water partition coefficient (Wildman–Crippen LogP) is -0.578. The number of carbonyl (C=O) groups excluding carboxylic acids is 3. The van der Waals surface area contributed by atoms with Crippen LogP contribution in [0, 0.1) is 0 Å². The number of carbonyl (C=O) groups is 4. The smallest absolute Gasteiger partial charge is 0.328 e. The second-order valence-corrected chi connectivity index (χ2v) is 5.10. The van der Waals surface area contributed by atoms with Crippen molar-refractivity contribution >= 4 is 23.7 Å². The lowest BCUT2D eigenvalue weighted by Gasteiger charge is -2.17. The standard InChI is InChI=1S/C14H20N2O6/c1-9(17)13(14(21)22)15-10(18)5-3-2-4-8-16-11(19)6-7-12(16)20/h6-7,9,13,17H,2-5,8H2,1H3,(H,15,18)(H,21,22). The number of nitrogens with one attached hydrogen (secondary N) is 1. The summed E-state index contributed by atoms with van der Waals surface area (Å²) in [6.45, 7) is 1.59. The van der Waals surface area contributed by atoms with Crippen molar-refractivity contribution in [3.8, 4) is 0 Å². The molecule has 0 aromatic heterocycles. The fourth-order valence-corrected chi connectivity index (χ4v) is 2.02. The second-order valence-electron chi connectivity index (χ2n) is 5.10. The summed E-state index contributed by atoms with van der Waals surface area (Å²) in [4.78, 5) is 46.1. The van der Waals surface area contributed by atoms with Crippen LogP contribution in [0.1, 0.15) is 32.6 Å². The Morgan fingerprint density at radius 3 is 2.27 bits per heavy atom. The zero-order valence-electron chi connectivity index (χ0n) is 12.3. The van der Waals surface area contributed by atoms with Gasteiger partial charge in [-0.2, -0.15) is 0 Å². The summed E-state index contributed by atoms with van der Waals surface area (Å²) >= 11 is 0. The number of carboxylic acids is 1. The molecule has 3 N–H and O–H groups in total. The maximum atomic E-state index is 11.6. The van der Waals surface area contributed by atoms with Gasteiger partial charge < -0.3 is 15.5 Å². The Morgan fingerprint density at radius 1 is 1.18 bits per heavy atom. The first-order valence-corrected chi connectivity index (χ1v) is 7.06. The van der Waals surface area contributed by atoms with E-state index in [1.807, 2.05) is 0 Å². The Bertz CT molecular complexity index is 468. The molecular weight excluding hydrogens is 292 g/mol. The first-order chi connectivity index (χ1) is 10.3. The van der Waals surface area contributed by atoms with Gasteiger partial charge in [0.25, 0.3) is 11.8 Å². The minimum atomic E-state index is -1.32. The van der Waals surface area contributed by atoms with Crippen LogP contribution < -0.4 is 5.32 Å². The molecule has 0 saturated carbocycles. The van der Waals surface area contributed by atoms with Crippen molar-refractivity contribution in [2.45, 2.75) is 44.8 Å². The maximum absolute atomic E-state index is 11.6. The number of amides is 3. The zero-order valence-corrected chi connectivity index (χ0v) is 12.3. The van der Waals surface area contributed by atoms with E-state index < -0.39 is 24.0 Å². The number of aliphatic hydroxyl groups is 1. The predicted molar refractivity (Wildman–Crippen MR) is 75.6 cm³/mol. The number of aliphatic hydroxyl groups excluding tert-OH is 1. The third-order valence-corrected chi connectivity index (χ3v) is 3.25. The molecule has 1 aliphatic heterocycles. The van der Waals surface area contributed by atoms with Crippen LogP contribution in [0.3, 0.4) is 0 Å². The Balaban J connectivity index is 2.19. The van der Waals surface area contributed by atoms with Gasteiger partial charge in [-0.25, -0.2) is 4.79 Å². The summed E-state index contributed by atoms with van der Waals surface area (Å²) in [5.41, 5.74) is 0. The van der Waals surface area contributed by atoms with E-state index in [9.17, 15) is 24.3 Å². The summed E-state index contributed by atoms with van der Waals surface area (Å²) in [5, 5.41) is 20.3. The van der Waals surface area contributed by atoms with Gasteiger partial charge in [0.05, 0.1) is 6.10 Å². The van der Waals surface area contributed by atoms with Crippen molar-refractivity contribution in [1.82, 2.24) is 10.2 Å². The van der Waals surface area contributed by atoms with Gasteiger partial charge in [-0.05, 0) is 19.8 Å². The van der Waals surface area contributed by atoms with E-state index in [-0.39, 0.29) is 18.2 Å². The topological polar surface area (TPSA) is 124 Å². The summed E-state index contributed by atoms with van der Waals surface area (Å²) < 4.78 is 0. The van der Waals surface area contributed by atoms with Crippen molar-refractivity contribution in [3.63, 3.8) is 0 Å². The maximum Gasteiger partial charge on any atom is 0.328 e. The molecule has 8 nitrogen and oxygen atoms in total. The van der Waals surface area contributed by atoms with Crippen LogP contribution >= 0.6 is 0 Å². The number of hydrogen-bond donors (Lipinski definition) is 3. The average molecular weight is 312 g/mol. The van der Waals surface area contributed by atoms with E-state index in [0.717, 1.165) is 4.90 Å². The molecule has 1 rings (SSSR count). The van der Waals surface area contributed by atoms with Gasteiger partial charge in [0.15, 0.2) is 6.04 Å². The summed E-state index contributed by atoms with van der Waals surface area (Å²) in [5.74, 6) is -2.40. The Hall–Kier alpha value is -2.22. The molecule has 2 unspecified atom stereocenters. The molecule has 0 aromatic rings. The first-order valence-electron chi connectivity index (χ1n) is 7.06. The lowest BCUT2D eigenvalue weighted by Crippen LogP contribution is -2.47. The van der Waals surface area contributed by atoms with Crippen molar-refractivity contribution in [2.24, 2.45) is 0 Å². The number of nitrogens with zero attached hydrogens (tertiary/aromatic N) is 1. The van der Waals surface area contributed by atoms with E-state index in [1.165, 1.54) is 19.1 Å². The molecule has 122 valence electrons. The van der Waals surface area contributed by atoms with Gasteiger partial charge in [-0.3, -0.25) is 19.3 Å². The number of imide groups is 1. The molecule has 1 heterocycles. The third-order valence-electron chi connectivity index (χ3n) is 3.25. The molecule has 0 aromatic carbocycles. The highest BCUT2D eigenvalue weighted by Crippen LogP contribution is 2.08. The Kier molecular flexibility index (Phi) is 6.71. The van der Waals surface area contributed by atoms with Crippen LogP contribution in [0.2, 0.25) is 0 Å². The van der Waals surface area contributed by atoms with Gasteiger partial charge in [0.1, 0.15) is 0 Å². The summed E-state index contributed by atoms with van der Waals surface area (Å²) in [6, 6.07) is -1.32. The van der Waals surface area contributed by atoms with Crippen molar-refractivity contribution < 1.29 is 29.4 Å². The van der Waals surface area contributed by atoms with Crippen LogP contribution in [0.5, 0.6) is 0 Å². The van der Waals surface area contributed by atoms with Crippen molar-refractivity contribution in [2.75, 3.05) is 6.54 Å². The van der Waals surface area contributed by atoms with Crippen LogP contribution in [0.25, 0.3) is 0 Å². The SMILES string of the molecule is CC(O)C(NC(=O)CCCCCN1C(=O)C=CC1=O)C(=O)O. The van der Waals surface area contributed by atoms with E-state index in [2.05, 4.69) is 5.32 Å². The fraction of sp³-hybridized carbons (Fsp3) is 0.571. The van der Waals surface area contributed by atoms with E-state index in [1.54, 1.807) is 0 Å². The first kappa shape index (κ1) is 17.8.